The number of hydrogen-bond acceptors (Lipinski definition) is 3. The number of hydrogen-bond donors (Lipinski definition) is 2. The molecule has 2 aliphatic carbocycles. The number of carbonyl (C=O) groups is 2. The second-order valence-electron chi connectivity index (χ2n) is 7.05. The Bertz CT molecular complexity index is 574. The summed E-state index contributed by atoms with van der Waals surface area (Å²) >= 11 is 0. The van der Waals surface area contributed by atoms with E-state index in [4.69, 9.17) is 0 Å². The van der Waals surface area contributed by atoms with Gasteiger partial charge in [0.15, 0.2) is 0 Å². The number of aromatic nitrogens is 1. The lowest BCUT2D eigenvalue weighted by molar-refractivity contribution is 0.0928. The van der Waals surface area contributed by atoms with Crippen molar-refractivity contribution < 1.29 is 9.59 Å². The largest absolute Gasteiger partial charge is 0.349 e. The summed E-state index contributed by atoms with van der Waals surface area (Å²) in [4.78, 5) is 28.9. The number of nitrogens with one attached hydrogen (secondary N) is 2. The molecule has 0 bridgehead atoms. The van der Waals surface area contributed by atoms with E-state index in [-0.39, 0.29) is 23.9 Å². The van der Waals surface area contributed by atoms with Crippen molar-refractivity contribution in [2.45, 2.75) is 76.3 Å². The third-order valence-electron chi connectivity index (χ3n) is 5.14. The lowest BCUT2D eigenvalue weighted by Gasteiger charge is -2.16. The van der Waals surface area contributed by atoms with Gasteiger partial charge < -0.3 is 10.6 Å². The van der Waals surface area contributed by atoms with Crippen LogP contribution in [0.4, 0.5) is 0 Å². The minimum Gasteiger partial charge on any atom is -0.349 e. The fourth-order valence-corrected chi connectivity index (χ4v) is 3.72. The molecule has 5 nitrogen and oxygen atoms in total. The van der Waals surface area contributed by atoms with E-state index >= 15 is 0 Å². The summed E-state index contributed by atoms with van der Waals surface area (Å²) in [6.45, 7) is 0. The highest BCUT2D eigenvalue weighted by Crippen LogP contribution is 2.19. The van der Waals surface area contributed by atoms with Gasteiger partial charge >= 0.3 is 0 Å². The molecule has 2 amide bonds. The lowest BCUT2D eigenvalue weighted by Crippen LogP contribution is -2.35. The highest BCUT2D eigenvalue weighted by atomic mass is 16.2. The number of pyridine rings is 1. The molecule has 24 heavy (non-hydrogen) atoms. The Morgan fingerprint density at radius 2 is 1.38 bits per heavy atom. The van der Waals surface area contributed by atoms with Crippen LogP contribution in [0.1, 0.15) is 85.1 Å². The molecule has 1 aromatic rings. The van der Waals surface area contributed by atoms with E-state index in [2.05, 4.69) is 15.6 Å². The van der Waals surface area contributed by atoms with Gasteiger partial charge in [0.05, 0.1) is 0 Å². The van der Waals surface area contributed by atoms with Crippen molar-refractivity contribution in [2.75, 3.05) is 0 Å². The maximum absolute atomic E-state index is 12.4. The van der Waals surface area contributed by atoms with E-state index in [0.29, 0.717) is 11.3 Å². The van der Waals surface area contributed by atoms with Crippen molar-refractivity contribution in [3.8, 4) is 0 Å². The first-order valence-corrected chi connectivity index (χ1v) is 9.30. The smallest absolute Gasteiger partial charge is 0.270 e. The first-order chi connectivity index (χ1) is 11.7. The van der Waals surface area contributed by atoms with Gasteiger partial charge in [-0.1, -0.05) is 38.5 Å². The molecule has 1 aromatic heterocycles. The summed E-state index contributed by atoms with van der Waals surface area (Å²) in [5, 5.41) is 6.13. The van der Waals surface area contributed by atoms with E-state index in [0.717, 1.165) is 25.7 Å². The average Bonchev–Trinajstić information content (AvgIpc) is 2.97. The van der Waals surface area contributed by atoms with Gasteiger partial charge in [-0.2, -0.15) is 0 Å². The van der Waals surface area contributed by atoms with E-state index in [1.165, 1.54) is 38.5 Å². The normalized spacial score (nSPS) is 19.7. The molecule has 0 atom stereocenters. The molecule has 2 saturated carbocycles. The minimum absolute atomic E-state index is 0.104. The predicted molar refractivity (Wildman–Crippen MR) is 92.9 cm³/mol. The maximum Gasteiger partial charge on any atom is 0.270 e. The van der Waals surface area contributed by atoms with Crippen LogP contribution in [0.3, 0.4) is 0 Å². The van der Waals surface area contributed by atoms with Gasteiger partial charge in [0.2, 0.25) is 0 Å². The van der Waals surface area contributed by atoms with E-state index in [9.17, 15) is 9.59 Å². The van der Waals surface area contributed by atoms with Crippen LogP contribution in [-0.2, 0) is 0 Å². The summed E-state index contributed by atoms with van der Waals surface area (Å²) in [7, 11) is 0. The summed E-state index contributed by atoms with van der Waals surface area (Å²) in [5.41, 5.74) is 0.848. The van der Waals surface area contributed by atoms with Crippen LogP contribution in [0.5, 0.6) is 0 Å². The van der Waals surface area contributed by atoms with Gasteiger partial charge in [-0.25, -0.2) is 0 Å². The van der Waals surface area contributed by atoms with Crippen LogP contribution in [-0.4, -0.2) is 28.9 Å². The zero-order chi connectivity index (χ0) is 16.8. The molecular formula is C19H27N3O2. The Labute approximate surface area is 143 Å². The van der Waals surface area contributed by atoms with Crippen molar-refractivity contribution in [1.82, 2.24) is 15.6 Å². The predicted octanol–water partition coefficient (Wildman–Crippen LogP) is 3.21. The molecule has 1 heterocycles. The van der Waals surface area contributed by atoms with E-state index in [1.54, 1.807) is 18.3 Å². The first-order valence-electron chi connectivity index (χ1n) is 9.30. The molecule has 0 aromatic carbocycles. The van der Waals surface area contributed by atoms with Crippen molar-refractivity contribution >= 4 is 11.8 Å². The summed E-state index contributed by atoms with van der Waals surface area (Å²) in [5.74, 6) is -0.273. The molecule has 3 rings (SSSR count). The number of rotatable bonds is 4. The molecule has 130 valence electrons. The number of amides is 2. The van der Waals surface area contributed by atoms with Gasteiger partial charge in [-0.05, 0) is 37.8 Å². The van der Waals surface area contributed by atoms with Crippen LogP contribution >= 0.6 is 0 Å². The van der Waals surface area contributed by atoms with Crippen LogP contribution in [0.25, 0.3) is 0 Å². The van der Waals surface area contributed by atoms with Gasteiger partial charge in [0.1, 0.15) is 5.69 Å². The van der Waals surface area contributed by atoms with Crippen molar-refractivity contribution in [2.24, 2.45) is 0 Å². The SMILES string of the molecule is O=C(NC1CCCC1)c1ccnc(C(=O)NC2CCCCCC2)c1. The van der Waals surface area contributed by atoms with Crippen LogP contribution in [0, 0.1) is 0 Å². The molecule has 0 radical (unpaired) electrons. The summed E-state index contributed by atoms with van der Waals surface area (Å²) in [6.07, 6.45) is 12.9. The van der Waals surface area contributed by atoms with E-state index < -0.39 is 0 Å². The monoisotopic (exact) mass is 329 g/mol. The van der Waals surface area contributed by atoms with Crippen molar-refractivity contribution in [1.29, 1.82) is 0 Å². The van der Waals surface area contributed by atoms with Crippen molar-refractivity contribution in [3.63, 3.8) is 0 Å². The third-order valence-corrected chi connectivity index (χ3v) is 5.14. The van der Waals surface area contributed by atoms with Gasteiger partial charge in [-0.3, -0.25) is 14.6 Å². The molecule has 2 aliphatic rings. The molecule has 0 saturated heterocycles. The molecule has 2 fully saturated rings. The van der Waals surface area contributed by atoms with Crippen LogP contribution in [0.2, 0.25) is 0 Å². The van der Waals surface area contributed by atoms with Gasteiger partial charge in [-0.15, -0.1) is 0 Å². The molecule has 0 spiro atoms. The van der Waals surface area contributed by atoms with Crippen molar-refractivity contribution in [3.05, 3.63) is 29.6 Å². The standard InChI is InChI=1S/C19H27N3O2/c23-18(21-15-9-5-6-10-15)14-11-12-20-17(13-14)19(24)22-16-7-3-1-2-4-8-16/h11-13,15-16H,1-10H2,(H,21,23)(H,22,24). The Morgan fingerprint density at radius 1 is 0.833 bits per heavy atom. The topological polar surface area (TPSA) is 71.1 Å². The number of nitrogens with zero attached hydrogens (tertiary/aromatic N) is 1. The van der Waals surface area contributed by atoms with Crippen LogP contribution < -0.4 is 10.6 Å². The third kappa shape index (κ3) is 4.56. The maximum atomic E-state index is 12.4. The molecular weight excluding hydrogens is 302 g/mol. The summed E-state index contributed by atoms with van der Waals surface area (Å²) in [6, 6.07) is 3.79. The molecule has 0 aliphatic heterocycles. The zero-order valence-electron chi connectivity index (χ0n) is 14.2. The Balaban J connectivity index is 1.60. The molecule has 5 heteroatoms. The molecule has 0 unspecified atom stereocenters. The Kier molecular flexibility index (Phi) is 5.83. The number of carbonyl (C=O) groups excluding carboxylic acids is 2. The lowest BCUT2D eigenvalue weighted by atomic mass is 10.1. The van der Waals surface area contributed by atoms with E-state index in [1.807, 2.05) is 0 Å². The van der Waals surface area contributed by atoms with Gasteiger partial charge in [0.25, 0.3) is 11.8 Å². The minimum atomic E-state index is -0.169. The Hall–Kier alpha value is -1.91. The van der Waals surface area contributed by atoms with Gasteiger partial charge in [0, 0.05) is 23.8 Å². The summed E-state index contributed by atoms with van der Waals surface area (Å²) < 4.78 is 0. The second kappa shape index (κ2) is 8.27. The highest BCUT2D eigenvalue weighted by Gasteiger charge is 2.20. The zero-order valence-corrected chi connectivity index (χ0v) is 14.2. The fourth-order valence-electron chi connectivity index (χ4n) is 3.72. The quantitative estimate of drug-likeness (QED) is 0.833. The second-order valence-corrected chi connectivity index (χ2v) is 7.05. The van der Waals surface area contributed by atoms with Crippen LogP contribution in [0.15, 0.2) is 18.3 Å². The Morgan fingerprint density at radius 3 is 2.00 bits per heavy atom. The fraction of sp³-hybridized carbons (Fsp3) is 0.632. The first kappa shape index (κ1) is 16.9. The average molecular weight is 329 g/mol. The highest BCUT2D eigenvalue weighted by molar-refractivity contribution is 5.98. The molecule has 2 N–H and O–H groups in total.